The van der Waals surface area contributed by atoms with Crippen LogP contribution in [0.1, 0.15) is 16.1 Å². The van der Waals surface area contributed by atoms with Gasteiger partial charge in [0.15, 0.2) is 0 Å². The Hall–Kier alpha value is -2.79. The van der Waals surface area contributed by atoms with E-state index in [0.29, 0.717) is 16.6 Å². The van der Waals surface area contributed by atoms with E-state index in [1.807, 2.05) is 76.6 Å². The number of aromatic amines is 1. The second kappa shape index (κ2) is 6.61. The molecule has 0 aliphatic rings. The van der Waals surface area contributed by atoms with Gasteiger partial charge in [0.05, 0.1) is 26.8 Å². The van der Waals surface area contributed by atoms with Crippen LogP contribution in [0, 0.1) is 6.92 Å². The fraction of sp³-hybridized carbons (Fsp3) is 0.250. The van der Waals surface area contributed by atoms with E-state index in [-0.39, 0.29) is 5.78 Å². The number of benzene rings is 2. The van der Waals surface area contributed by atoms with Crippen molar-refractivity contribution in [2.45, 2.75) is 6.92 Å². The molecular weight excluding hydrogens is 312 g/mol. The quantitative estimate of drug-likeness (QED) is 0.407. The number of nitrogens with one attached hydrogen (secondary N) is 1. The van der Waals surface area contributed by atoms with Gasteiger partial charge in [0, 0.05) is 22.2 Å². The summed E-state index contributed by atoms with van der Waals surface area (Å²) in [7, 11) is 6.01. The molecule has 3 rings (SSSR count). The minimum Gasteiger partial charge on any atom is -0.357 e. The number of aromatic nitrogens is 1. The van der Waals surface area contributed by atoms with Gasteiger partial charge in [0.25, 0.3) is 0 Å². The van der Waals surface area contributed by atoms with Crippen molar-refractivity contribution in [2.75, 3.05) is 27.7 Å². The molecule has 0 bridgehead atoms. The predicted molar refractivity (Wildman–Crippen MR) is 101 cm³/mol. The van der Waals surface area contributed by atoms with Crippen LogP contribution in [0.3, 0.4) is 0 Å². The molecule has 3 aromatic rings. The Morgan fingerprint density at radius 1 is 1.00 bits per heavy atom. The van der Waals surface area contributed by atoms with E-state index >= 15 is 0 Å². The highest BCUT2D eigenvalue weighted by Crippen LogP contribution is 2.31. The molecule has 0 aliphatic carbocycles. The van der Waals surface area contributed by atoms with Crippen LogP contribution in [0.15, 0.2) is 58.8 Å². The van der Waals surface area contributed by atoms with Gasteiger partial charge in [-0.05, 0) is 37.3 Å². The molecule has 5 heteroatoms. The van der Waals surface area contributed by atoms with E-state index in [2.05, 4.69) is 15.2 Å². The Morgan fingerprint density at radius 3 is 2.36 bits per heavy atom. The molecule has 0 aliphatic heterocycles. The second-order valence-electron chi connectivity index (χ2n) is 7.26. The van der Waals surface area contributed by atoms with Gasteiger partial charge in [-0.15, -0.1) is 5.11 Å². The average Bonchev–Trinajstić information content (AvgIpc) is 2.87. The van der Waals surface area contributed by atoms with E-state index in [4.69, 9.17) is 0 Å². The van der Waals surface area contributed by atoms with Crippen LogP contribution in [0.5, 0.6) is 0 Å². The molecule has 0 radical (unpaired) electrons. The van der Waals surface area contributed by atoms with Crippen molar-refractivity contribution in [2.24, 2.45) is 10.2 Å². The fourth-order valence-corrected chi connectivity index (χ4v) is 2.73. The molecule has 0 spiro atoms. The number of hydrogen-bond acceptors (Lipinski definition) is 3. The lowest BCUT2D eigenvalue weighted by Gasteiger charge is -2.22. The summed E-state index contributed by atoms with van der Waals surface area (Å²) in [4.78, 5) is 15.5. The second-order valence-corrected chi connectivity index (χ2v) is 7.26. The number of carbonyl (C=O) groups is 1. The Kier molecular flexibility index (Phi) is 4.51. The standard InChI is InChI=1S/C20H22N4O/c1-14-20(17-7-5-6-8-18(17)21-14)23-22-16-11-9-15(10-12-16)19(25)13-24(2,3)4/h5-12H,13H2,1-4H3/p+1. The molecule has 1 aromatic heterocycles. The summed E-state index contributed by atoms with van der Waals surface area (Å²) >= 11 is 0. The molecule has 2 aromatic carbocycles. The third kappa shape index (κ3) is 4.00. The zero-order chi connectivity index (χ0) is 18.0. The third-order valence-corrected chi connectivity index (χ3v) is 3.93. The van der Waals surface area contributed by atoms with Crippen molar-refractivity contribution in [3.63, 3.8) is 0 Å². The summed E-state index contributed by atoms with van der Waals surface area (Å²) in [5, 5.41) is 9.78. The van der Waals surface area contributed by atoms with Crippen LogP contribution in [-0.4, -0.2) is 42.9 Å². The number of quaternary nitrogens is 1. The maximum atomic E-state index is 12.2. The Bertz CT molecular complexity index is 930. The summed E-state index contributed by atoms with van der Waals surface area (Å²) in [6, 6.07) is 15.3. The van der Waals surface area contributed by atoms with Crippen molar-refractivity contribution in [3.05, 3.63) is 59.8 Å². The molecule has 0 saturated carbocycles. The van der Waals surface area contributed by atoms with E-state index in [1.54, 1.807) is 0 Å². The van der Waals surface area contributed by atoms with Gasteiger partial charge in [0.2, 0.25) is 5.78 Å². The lowest BCUT2D eigenvalue weighted by atomic mass is 10.1. The van der Waals surface area contributed by atoms with E-state index in [0.717, 1.165) is 28.0 Å². The number of Topliss-reactive ketones (excluding diaryl/α,β-unsaturated/α-hetero) is 1. The number of aryl methyl sites for hydroxylation is 1. The first-order chi connectivity index (χ1) is 11.8. The summed E-state index contributed by atoms with van der Waals surface area (Å²) in [5.74, 6) is 0.128. The van der Waals surface area contributed by atoms with E-state index in [1.165, 1.54) is 0 Å². The molecule has 0 saturated heterocycles. The van der Waals surface area contributed by atoms with Crippen LogP contribution in [0.25, 0.3) is 10.9 Å². The zero-order valence-electron chi connectivity index (χ0n) is 15.1. The van der Waals surface area contributed by atoms with Gasteiger partial charge < -0.3 is 9.47 Å². The van der Waals surface area contributed by atoms with Crippen molar-refractivity contribution in [1.82, 2.24) is 4.98 Å². The molecule has 0 unspecified atom stereocenters. The Labute approximate surface area is 147 Å². The number of nitrogens with zero attached hydrogens (tertiary/aromatic N) is 3. The molecular formula is C20H23N4O+. The average molecular weight is 335 g/mol. The monoisotopic (exact) mass is 335 g/mol. The molecule has 0 fully saturated rings. The highest BCUT2D eigenvalue weighted by molar-refractivity contribution is 5.97. The van der Waals surface area contributed by atoms with Gasteiger partial charge in [-0.2, -0.15) is 5.11 Å². The van der Waals surface area contributed by atoms with Crippen LogP contribution >= 0.6 is 0 Å². The highest BCUT2D eigenvalue weighted by atomic mass is 16.1. The SMILES string of the molecule is Cc1[nH]c2ccccc2c1N=Nc1ccc(C(=O)C[N+](C)(C)C)cc1. The van der Waals surface area contributed by atoms with Gasteiger partial charge in [-0.25, -0.2) is 0 Å². The smallest absolute Gasteiger partial charge is 0.216 e. The molecule has 0 amide bonds. The largest absolute Gasteiger partial charge is 0.357 e. The number of ketones is 1. The number of carbonyl (C=O) groups excluding carboxylic acids is 1. The van der Waals surface area contributed by atoms with Crippen LogP contribution < -0.4 is 0 Å². The van der Waals surface area contributed by atoms with Crippen LogP contribution in [0.4, 0.5) is 11.4 Å². The van der Waals surface area contributed by atoms with Crippen molar-refractivity contribution in [3.8, 4) is 0 Å². The van der Waals surface area contributed by atoms with Gasteiger partial charge in [-0.3, -0.25) is 4.79 Å². The normalized spacial score (nSPS) is 12.2. The first kappa shape index (κ1) is 17.0. The summed E-state index contributed by atoms with van der Waals surface area (Å²) in [6.45, 7) is 2.45. The molecule has 0 atom stereocenters. The minimum absolute atomic E-state index is 0.128. The Balaban J connectivity index is 1.80. The summed E-state index contributed by atoms with van der Waals surface area (Å²) in [6.07, 6.45) is 0. The number of hydrogen-bond donors (Lipinski definition) is 1. The number of azo groups is 1. The van der Waals surface area contributed by atoms with Crippen LogP contribution in [-0.2, 0) is 0 Å². The number of fused-ring (bicyclic) bond motifs is 1. The number of rotatable bonds is 5. The lowest BCUT2D eigenvalue weighted by Crippen LogP contribution is -2.39. The Morgan fingerprint density at radius 2 is 1.68 bits per heavy atom. The third-order valence-electron chi connectivity index (χ3n) is 3.93. The topological polar surface area (TPSA) is 57.6 Å². The summed E-state index contributed by atoms with van der Waals surface area (Å²) in [5.41, 5.74) is 4.32. The predicted octanol–water partition coefficient (Wildman–Crippen LogP) is 4.78. The van der Waals surface area contributed by atoms with E-state index < -0.39 is 0 Å². The molecule has 5 nitrogen and oxygen atoms in total. The molecule has 25 heavy (non-hydrogen) atoms. The van der Waals surface area contributed by atoms with Crippen molar-refractivity contribution >= 4 is 28.1 Å². The number of para-hydroxylation sites is 1. The zero-order valence-corrected chi connectivity index (χ0v) is 15.1. The summed E-state index contributed by atoms with van der Waals surface area (Å²) < 4.78 is 0.611. The van der Waals surface area contributed by atoms with E-state index in [9.17, 15) is 4.79 Å². The van der Waals surface area contributed by atoms with Gasteiger partial charge in [0.1, 0.15) is 12.2 Å². The maximum Gasteiger partial charge on any atom is 0.216 e. The van der Waals surface area contributed by atoms with Crippen molar-refractivity contribution in [1.29, 1.82) is 0 Å². The molecule has 1 N–H and O–H groups in total. The number of likely N-dealkylation sites (N-methyl/N-ethyl adjacent to an activating group) is 1. The van der Waals surface area contributed by atoms with Gasteiger partial charge >= 0.3 is 0 Å². The molecule has 1 heterocycles. The fourth-order valence-electron chi connectivity index (χ4n) is 2.73. The van der Waals surface area contributed by atoms with Gasteiger partial charge in [-0.1, -0.05) is 18.2 Å². The molecule has 128 valence electrons. The van der Waals surface area contributed by atoms with Crippen molar-refractivity contribution < 1.29 is 9.28 Å². The maximum absolute atomic E-state index is 12.2. The first-order valence-corrected chi connectivity index (χ1v) is 8.26. The minimum atomic E-state index is 0.128. The first-order valence-electron chi connectivity index (χ1n) is 8.26. The number of H-pyrrole nitrogens is 1. The lowest BCUT2D eigenvalue weighted by molar-refractivity contribution is -0.861. The van der Waals surface area contributed by atoms with Crippen LogP contribution in [0.2, 0.25) is 0 Å². The highest BCUT2D eigenvalue weighted by Gasteiger charge is 2.16.